The number of nitrogens with one attached hydrogen (secondary N) is 1. The Bertz CT molecular complexity index is 419. The third kappa shape index (κ3) is 3.75. The van der Waals surface area contributed by atoms with Gasteiger partial charge in [-0.1, -0.05) is 19.4 Å². The Morgan fingerprint density at radius 2 is 1.95 bits per heavy atom. The molecule has 1 aliphatic rings. The van der Waals surface area contributed by atoms with Crippen LogP contribution in [0.3, 0.4) is 0 Å². The molecule has 19 heavy (non-hydrogen) atoms. The fraction of sp³-hybridized carbons (Fsp3) is 0.625. The molecule has 1 aliphatic carbocycles. The fourth-order valence-corrected chi connectivity index (χ4v) is 3.31. The van der Waals surface area contributed by atoms with E-state index in [1.807, 2.05) is 7.05 Å². The summed E-state index contributed by atoms with van der Waals surface area (Å²) >= 11 is 0. The fourth-order valence-electron chi connectivity index (χ4n) is 3.31. The van der Waals surface area contributed by atoms with E-state index in [1.165, 1.54) is 31.4 Å². The number of halogens is 2. The van der Waals surface area contributed by atoms with Gasteiger partial charge in [0.15, 0.2) is 11.6 Å². The minimum Gasteiger partial charge on any atom is -0.319 e. The highest BCUT2D eigenvalue weighted by Gasteiger charge is 2.28. The van der Waals surface area contributed by atoms with Gasteiger partial charge < -0.3 is 5.32 Å². The minimum atomic E-state index is -0.757. The van der Waals surface area contributed by atoms with E-state index in [-0.39, 0.29) is 0 Å². The normalized spacial score (nSPS) is 27.5. The first-order valence-electron chi connectivity index (χ1n) is 7.18. The lowest BCUT2D eigenvalue weighted by Crippen LogP contribution is -2.32. The lowest BCUT2D eigenvalue weighted by Gasteiger charge is -2.35. The zero-order valence-corrected chi connectivity index (χ0v) is 11.8. The molecule has 0 aromatic heterocycles. The van der Waals surface area contributed by atoms with Gasteiger partial charge in [0.2, 0.25) is 0 Å². The molecule has 1 aromatic carbocycles. The highest BCUT2D eigenvalue weighted by atomic mass is 19.2. The molecule has 3 heteroatoms. The standard InChI is InChI=1S/C16H23F2N/c1-11-3-5-13(10-19-2)14(7-11)8-12-4-6-15(17)16(18)9-12/h4,6,9,11,13-14,19H,3,5,7-8,10H2,1-2H3. The maximum atomic E-state index is 13.3. The molecule has 1 saturated carbocycles. The summed E-state index contributed by atoms with van der Waals surface area (Å²) in [4.78, 5) is 0. The van der Waals surface area contributed by atoms with Crippen LogP contribution in [0.15, 0.2) is 18.2 Å². The van der Waals surface area contributed by atoms with E-state index >= 15 is 0 Å². The Kier molecular flexibility index (Phi) is 4.92. The predicted molar refractivity (Wildman–Crippen MR) is 74.0 cm³/mol. The highest BCUT2D eigenvalue weighted by Crippen LogP contribution is 2.35. The van der Waals surface area contributed by atoms with Crippen LogP contribution in [-0.4, -0.2) is 13.6 Å². The summed E-state index contributed by atoms with van der Waals surface area (Å²) in [5.74, 6) is 0.470. The Morgan fingerprint density at radius 3 is 2.63 bits per heavy atom. The van der Waals surface area contributed by atoms with Gasteiger partial charge in [-0.05, 0) is 68.3 Å². The van der Waals surface area contributed by atoms with Gasteiger partial charge in [0, 0.05) is 0 Å². The van der Waals surface area contributed by atoms with Crippen molar-refractivity contribution < 1.29 is 8.78 Å². The molecule has 0 radical (unpaired) electrons. The molecular weight excluding hydrogens is 244 g/mol. The van der Waals surface area contributed by atoms with Gasteiger partial charge in [-0.15, -0.1) is 0 Å². The van der Waals surface area contributed by atoms with E-state index in [2.05, 4.69) is 12.2 Å². The Hall–Kier alpha value is -0.960. The quantitative estimate of drug-likeness (QED) is 0.875. The molecule has 3 atom stereocenters. The molecule has 0 amide bonds. The van der Waals surface area contributed by atoms with Crippen LogP contribution in [0.4, 0.5) is 8.78 Å². The van der Waals surface area contributed by atoms with Gasteiger partial charge in [0.05, 0.1) is 0 Å². The average Bonchev–Trinajstić information content (AvgIpc) is 2.37. The lowest BCUT2D eigenvalue weighted by molar-refractivity contribution is 0.186. The van der Waals surface area contributed by atoms with Crippen molar-refractivity contribution >= 4 is 0 Å². The predicted octanol–water partition coefficient (Wildman–Crippen LogP) is 3.78. The zero-order chi connectivity index (χ0) is 13.8. The Balaban J connectivity index is 2.07. The number of rotatable bonds is 4. The van der Waals surface area contributed by atoms with Crippen molar-refractivity contribution in [3.8, 4) is 0 Å². The summed E-state index contributed by atoms with van der Waals surface area (Å²) in [6.45, 7) is 3.30. The van der Waals surface area contributed by atoms with E-state index in [9.17, 15) is 8.78 Å². The number of hydrogen-bond donors (Lipinski definition) is 1. The maximum absolute atomic E-state index is 13.3. The summed E-state index contributed by atoms with van der Waals surface area (Å²) in [6, 6.07) is 4.31. The molecule has 0 spiro atoms. The van der Waals surface area contributed by atoms with Crippen molar-refractivity contribution in [3.05, 3.63) is 35.4 Å². The SMILES string of the molecule is CNCC1CCC(C)CC1Cc1ccc(F)c(F)c1. The molecule has 1 aromatic rings. The Labute approximate surface area is 114 Å². The third-order valence-electron chi connectivity index (χ3n) is 4.35. The van der Waals surface area contributed by atoms with Crippen LogP contribution in [0, 0.1) is 29.4 Å². The van der Waals surface area contributed by atoms with Gasteiger partial charge in [0.25, 0.3) is 0 Å². The first-order chi connectivity index (χ1) is 9.10. The molecule has 1 fully saturated rings. The minimum absolute atomic E-state index is 0.570. The van der Waals surface area contributed by atoms with Crippen molar-refractivity contribution in [3.63, 3.8) is 0 Å². The van der Waals surface area contributed by atoms with Crippen molar-refractivity contribution in [2.45, 2.75) is 32.6 Å². The molecule has 3 unspecified atom stereocenters. The van der Waals surface area contributed by atoms with E-state index in [0.29, 0.717) is 11.8 Å². The van der Waals surface area contributed by atoms with Crippen molar-refractivity contribution in [2.75, 3.05) is 13.6 Å². The summed E-state index contributed by atoms with van der Waals surface area (Å²) in [5.41, 5.74) is 0.916. The molecule has 0 aliphatic heterocycles. The second-order valence-corrected chi connectivity index (χ2v) is 5.95. The molecule has 2 rings (SSSR count). The van der Waals surface area contributed by atoms with Crippen LogP contribution in [-0.2, 0) is 6.42 Å². The molecule has 0 bridgehead atoms. The monoisotopic (exact) mass is 267 g/mol. The first kappa shape index (κ1) is 14.4. The van der Waals surface area contributed by atoms with Gasteiger partial charge in [-0.2, -0.15) is 0 Å². The average molecular weight is 267 g/mol. The van der Waals surface area contributed by atoms with Crippen LogP contribution >= 0.6 is 0 Å². The van der Waals surface area contributed by atoms with Crippen molar-refractivity contribution in [2.24, 2.45) is 17.8 Å². The third-order valence-corrected chi connectivity index (χ3v) is 4.35. The topological polar surface area (TPSA) is 12.0 Å². The van der Waals surface area contributed by atoms with E-state index in [0.717, 1.165) is 24.4 Å². The van der Waals surface area contributed by atoms with Gasteiger partial charge in [-0.3, -0.25) is 0 Å². The lowest BCUT2D eigenvalue weighted by atomic mass is 9.72. The molecule has 106 valence electrons. The molecule has 0 saturated heterocycles. The maximum Gasteiger partial charge on any atom is 0.159 e. The highest BCUT2D eigenvalue weighted by molar-refractivity contribution is 5.18. The zero-order valence-electron chi connectivity index (χ0n) is 11.8. The van der Waals surface area contributed by atoms with Crippen molar-refractivity contribution in [1.29, 1.82) is 0 Å². The van der Waals surface area contributed by atoms with Crippen LogP contribution in [0.1, 0.15) is 31.7 Å². The summed E-state index contributed by atoms with van der Waals surface area (Å²) in [7, 11) is 1.98. The summed E-state index contributed by atoms with van der Waals surface area (Å²) in [5, 5.41) is 3.25. The molecular formula is C16H23F2N. The largest absolute Gasteiger partial charge is 0.319 e. The summed E-state index contributed by atoms with van der Waals surface area (Å²) in [6.07, 6.45) is 4.55. The van der Waals surface area contributed by atoms with Crippen LogP contribution in [0.2, 0.25) is 0 Å². The molecule has 0 heterocycles. The number of benzene rings is 1. The van der Waals surface area contributed by atoms with Crippen LogP contribution < -0.4 is 5.32 Å². The molecule has 1 N–H and O–H groups in total. The second kappa shape index (κ2) is 6.47. The van der Waals surface area contributed by atoms with Crippen LogP contribution in [0.25, 0.3) is 0 Å². The smallest absolute Gasteiger partial charge is 0.159 e. The van der Waals surface area contributed by atoms with Gasteiger partial charge in [0.1, 0.15) is 0 Å². The van der Waals surface area contributed by atoms with Gasteiger partial charge in [-0.25, -0.2) is 8.78 Å². The molecule has 1 nitrogen and oxygen atoms in total. The first-order valence-corrected chi connectivity index (χ1v) is 7.18. The van der Waals surface area contributed by atoms with Crippen molar-refractivity contribution in [1.82, 2.24) is 5.32 Å². The second-order valence-electron chi connectivity index (χ2n) is 5.95. The number of hydrogen-bond acceptors (Lipinski definition) is 1. The van der Waals surface area contributed by atoms with Gasteiger partial charge >= 0.3 is 0 Å². The van der Waals surface area contributed by atoms with E-state index in [4.69, 9.17) is 0 Å². The van der Waals surface area contributed by atoms with Crippen LogP contribution in [0.5, 0.6) is 0 Å². The van der Waals surface area contributed by atoms with E-state index < -0.39 is 11.6 Å². The Morgan fingerprint density at radius 1 is 1.16 bits per heavy atom. The van der Waals surface area contributed by atoms with E-state index in [1.54, 1.807) is 6.07 Å². The summed E-state index contributed by atoms with van der Waals surface area (Å²) < 4.78 is 26.2.